The molecule has 4 heteroatoms. The summed E-state index contributed by atoms with van der Waals surface area (Å²) in [4.78, 5) is 3.91. The number of rotatable bonds is 3. The molecule has 1 saturated heterocycles. The molecule has 62 valence electrons. The van der Waals surface area contributed by atoms with Crippen molar-refractivity contribution < 1.29 is 0 Å². The molecule has 0 bridgehead atoms. The number of hydrogen-bond acceptors (Lipinski definition) is 4. The van der Waals surface area contributed by atoms with E-state index in [0.29, 0.717) is 0 Å². The highest BCUT2D eigenvalue weighted by atomic mass is 32.2. The van der Waals surface area contributed by atoms with Crippen LogP contribution >= 0.6 is 35.7 Å². The van der Waals surface area contributed by atoms with Crippen molar-refractivity contribution in [1.29, 1.82) is 0 Å². The van der Waals surface area contributed by atoms with Gasteiger partial charge in [-0.15, -0.1) is 0 Å². The predicted molar refractivity (Wildman–Crippen MR) is 58.1 cm³/mol. The van der Waals surface area contributed by atoms with E-state index in [4.69, 9.17) is 0 Å². The van der Waals surface area contributed by atoms with Crippen LogP contribution in [0.1, 0.15) is 6.42 Å². The summed E-state index contributed by atoms with van der Waals surface area (Å²) in [6, 6.07) is 0. The van der Waals surface area contributed by atoms with Crippen LogP contribution in [0.3, 0.4) is 0 Å². The summed E-state index contributed by atoms with van der Waals surface area (Å²) in [5.41, 5.74) is 0. The largest absolute Gasteiger partial charge is 0.232 e. The van der Waals surface area contributed by atoms with Gasteiger partial charge >= 0.3 is 0 Å². The van der Waals surface area contributed by atoms with Gasteiger partial charge in [-0.25, -0.2) is 4.99 Å². The van der Waals surface area contributed by atoms with E-state index in [1.807, 2.05) is 0 Å². The second-order valence-corrected chi connectivity index (χ2v) is 5.07. The van der Waals surface area contributed by atoms with Crippen LogP contribution in [0, 0.1) is 0 Å². The summed E-state index contributed by atoms with van der Waals surface area (Å²) in [6.07, 6.45) is 1.17. The highest BCUT2D eigenvalue weighted by Gasteiger charge is 2.12. The molecule has 0 aromatic heterocycles. The van der Waals surface area contributed by atoms with E-state index < -0.39 is 0 Å². The van der Waals surface area contributed by atoms with Gasteiger partial charge in [0.1, 0.15) is 0 Å². The summed E-state index contributed by atoms with van der Waals surface area (Å²) in [5, 5.41) is 3.21. The monoisotopic (exact) mass is 205 g/mol. The Bertz CT molecular complexity index is 148. The zero-order chi connectivity index (χ0) is 7.94. The second kappa shape index (κ2) is 6.06. The molecular weight excluding hydrogens is 194 g/mol. The molecule has 1 rings (SSSR count). The van der Waals surface area contributed by atoms with Crippen LogP contribution in [0.2, 0.25) is 0 Å². The van der Waals surface area contributed by atoms with E-state index in [0.717, 1.165) is 11.8 Å². The lowest BCUT2D eigenvalue weighted by Crippen LogP contribution is -2.14. The summed E-state index contributed by atoms with van der Waals surface area (Å²) in [5.74, 6) is 3.91. The van der Waals surface area contributed by atoms with E-state index in [1.54, 1.807) is 0 Å². The molecular formula is C7H11NS3. The summed E-state index contributed by atoms with van der Waals surface area (Å²) in [6.45, 7) is 0.863. The molecule has 0 aromatic rings. The third-order valence-electron chi connectivity index (χ3n) is 1.51. The minimum Gasteiger partial charge on any atom is -0.232 e. The Morgan fingerprint density at radius 3 is 3.09 bits per heavy atom. The molecule has 0 radical (unpaired) electrons. The quantitative estimate of drug-likeness (QED) is 0.518. The lowest BCUT2D eigenvalue weighted by Gasteiger charge is -2.19. The lowest BCUT2D eigenvalue weighted by atomic mass is 10.3. The topological polar surface area (TPSA) is 12.4 Å². The van der Waals surface area contributed by atoms with Crippen molar-refractivity contribution >= 4 is 40.9 Å². The van der Waals surface area contributed by atoms with Gasteiger partial charge in [0.15, 0.2) is 0 Å². The third kappa shape index (κ3) is 4.16. The molecule has 1 atom stereocenters. The molecule has 11 heavy (non-hydrogen) atoms. The van der Waals surface area contributed by atoms with Gasteiger partial charge in [0, 0.05) is 22.5 Å². The Balaban J connectivity index is 2.09. The van der Waals surface area contributed by atoms with E-state index in [-0.39, 0.29) is 0 Å². The molecule has 0 aliphatic carbocycles. The number of thioether (sulfide) groups is 2. The van der Waals surface area contributed by atoms with E-state index >= 15 is 0 Å². The lowest BCUT2D eigenvalue weighted by molar-refractivity contribution is 0.832. The van der Waals surface area contributed by atoms with Crippen LogP contribution < -0.4 is 0 Å². The molecule has 0 amide bonds. The van der Waals surface area contributed by atoms with E-state index in [1.165, 1.54) is 23.7 Å². The number of nitrogens with zero attached hydrogens (tertiary/aromatic N) is 1. The number of hydrogen-bond donors (Lipinski definition) is 0. The maximum Gasteiger partial charge on any atom is 0.0584 e. The first-order valence-corrected chi connectivity index (χ1v) is 6.27. The van der Waals surface area contributed by atoms with E-state index in [2.05, 4.69) is 45.9 Å². The zero-order valence-corrected chi connectivity index (χ0v) is 8.73. The van der Waals surface area contributed by atoms with Crippen LogP contribution in [-0.2, 0) is 0 Å². The molecule has 0 spiro atoms. The van der Waals surface area contributed by atoms with Gasteiger partial charge in [-0.3, -0.25) is 0 Å². The SMILES string of the molecule is S=C=NCCC1CSCCS1. The maximum absolute atomic E-state index is 4.49. The van der Waals surface area contributed by atoms with Crippen molar-refractivity contribution in [2.45, 2.75) is 11.7 Å². The summed E-state index contributed by atoms with van der Waals surface area (Å²) >= 11 is 8.61. The van der Waals surface area contributed by atoms with Crippen LogP contribution in [0.4, 0.5) is 0 Å². The van der Waals surface area contributed by atoms with Crippen molar-refractivity contribution in [2.24, 2.45) is 4.99 Å². The van der Waals surface area contributed by atoms with Crippen LogP contribution in [-0.4, -0.2) is 34.2 Å². The first kappa shape index (κ1) is 9.59. The van der Waals surface area contributed by atoms with Gasteiger partial charge in [-0.05, 0) is 18.6 Å². The van der Waals surface area contributed by atoms with Crippen molar-refractivity contribution in [1.82, 2.24) is 0 Å². The molecule has 1 heterocycles. The molecule has 0 saturated carbocycles. The average molecular weight is 205 g/mol. The molecule has 1 nitrogen and oxygen atoms in total. The minimum atomic E-state index is 0.806. The Kier molecular flexibility index (Phi) is 5.29. The van der Waals surface area contributed by atoms with Gasteiger partial charge in [0.05, 0.1) is 11.7 Å². The van der Waals surface area contributed by atoms with Gasteiger partial charge in [-0.1, -0.05) is 0 Å². The molecule has 1 aliphatic rings. The molecule has 0 aromatic carbocycles. The zero-order valence-electron chi connectivity index (χ0n) is 6.28. The summed E-state index contributed by atoms with van der Waals surface area (Å²) in [7, 11) is 0. The third-order valence-corrected chi connectivity index (χ3v) is 4.56. The fourth-order valence-corrected chi connectivity index (χ4v) is 3.78. The molecule has 1 aliphatic heterocycles. The van der Waals surface area contributed by atoms with Crippen LogP contribution in [0.25, 0.3) is 0 Å². The first-order valence-electron chi connectivity index (χ1n) is 3.66. The maximum atomic E-state index is 4.49. The molecule has 1 unspecified atom stereocenters. The number of thiocarbonyl (C=S) groups is 1. The Labute approximate surface area is 81.4 Å². The van der Waals surface area contributed by atoms with Crippen molar-refractivity contribution in [3.63, 3.8) is 0 Å². The Morgan fingerprint density at radius 1 is 1.55 bits per heavy atom. The number of aliphatic imine (C=N–C) groups is 1. The fourth-order valence-electron chi connectivity index (χ4n) is 0.957. The van der Waals surface area contributed by atoms with Gasteiger partial charge < -0.3 is 0 Å². The smallest absolute Gasteiger partial charge is 0.0584 e. The number of isothiocyanates is 1. The standard InChI is InChI=1S/C7H11NS3/c9-6-8-2-1-7-5-10-3-4-11-7/h7H,1-5H2. The fraction of sp³-hybridized carbons (Fsp3) is 0.857. The second-order valence-electron chi connectivity index (χ2n) is 2.33. The van der Waals surface area contributed by atoms with Crippen molar-refractivity contribution in [3.8, 4) is 0 Å². The highest BCUT2D eigenvalue weighted by Crippen LogP contribution is 2.25. The Morgan fingerprint density at radius 2 is 2.45 bits per heavy atom. The minimum absolute atomic E-state index is 0.806. The average Bonchev–Trinajstić information content (AvgIpc) is 2.07. The Hall–Kier alpha value is 0.500. The van der Waals surface area contributed by atoms with E-state index in [9.17, 15) is 0 Å². The molecule has 0 N–H and O–H groups in total. The van der Waals surface area contributed by atoms with Gasteiger partial charge in [0.25, 0.3) is 0 Å². The normalized spacial score (nSPS) is 24.2. The predicted octanol–water partition coefficient (Wildman–Crippen LogP) is 2.33. The van der Waals surface area contributed by atoms with Crippen LogP contribution in [0.15, 0.2) is 4.99 Å². The van der Waals surface area contributed by atoms with Gasteiger partial charge in [-0.2, -0.15) is 23.5 Å². The summed E-state index contributed by atoms with van der Waals surface area (Å²) < 4.78 is 0. The molecule has 1 fully saturated rings. The van der Waals surface area contributed by atoms with Gasteiger partial charge in [0.2, 0.25) is 0 Å². The first-order chi connectivity index (χ1) is 5.43. The van der Waals surface area contributed by atoms with Crippen molar-refractivity contribution in [3.05, 3.63) is 0 Å². The van der Waals surface area contributed by atoms with Crippen molar-refractivity contribution in [2.75, 3.05) is 23.8 Å². The highest BCUT2D eigenvalue weighted by molar-refractivity contribution is 8.06. The van der Waals surface area contributed by atoms with Crippen LogP contribution in [0.5, 0.6) is 0 Å².